The molecule has 0 saturated heterocycles. The van der Waals surface area contributed by atoms with E-state index in [1.165, 1.54) is 7.11 Å². The van der Waals surface area contributed by atoms with E-state index in [0.29, 0.717) is 43.2 Å². The van der Waals surface area contributed by atoms with Crippen LogP contribution in [0.1, 0.15) is 37.0 Å². The Bertz CT molecular complexity index is 499. The number of esters is 1. The zero-order valence-corrected chi connectivity index (χ0v) is 13.8. The van der Waals surface area contributed by atoms with Crippen LogP contribution in [0.3, 0.4) is 0 Å². The number of ether oxygens (including phenoxy) is 2. The molecule has 0 radical (unpaired) electrons. The van der Waals surface area contributed by atoms with Gasteiger partial charge in [0.25, 0.3) is 5.91 Å². The predicted octanol–water partition coefficient (Wildman–Crippen LogP) is 2.75. The van der Waals surface area contributed by atoms with E-state index in [1.54, 1.807) is 24.1 Å². The van der Waals surface area contributed by atoms with Crippen LogP contribution in [0.25, 0.3) is 0 Å². The van der Waals surface area contributed by atoms with Gasteiger partial charge in [-0.2, -0.15) is 0 Å². The molecule has 1 rings (SSSR count). The van der Waals surface area contributed by atoms with E-state index in [-0.39, 0.29) is 11.9 Å². The van der Waals surface area contributed by atoms with Crippen molar-refractivity contribution in [1.29, 1.82) is 0 Å². The molecule has 22 heavy (non-hydrogen) atoms. The molecule has 0 N–H and O–H groups in total. The van der Waals surface area contributed by atoms with E-state index >= 15 is 0 Å². The lowest BCUT2D eigenvalue weighted by Gasteiger charge is -2.17. The summed E-state index contributed by atoms with van der Waals surface area (Å²) in [4.78, 5) is 25.0. The number of nitrogens with zero attached hydrogens (tertiary/aromatic N) is 1. The fourth-order valence-corrected chi connectivity index (χ4v) is 1.87. The molecule has 0 saturated carbocycles. The van der Waals surface area contributed by atoms with Crippen molar-refractivity contribution in [3.05, 3.63) is 29.8 Å². The lowest BCUT2D eigenvalue weighted by atomic mass is 10.2. The maximum absolute atomic E-state index is 12.3. The van der Waals surface area contributed by atoms with E-state index in [4.69, 9.17) is 4.74 Å². The minimum atomic E-state index is -0.259. The summed E-state index contributed by atoms with van der Waals surface area (Å²) < 4.78 is 10.2. The molecule has 0 aliphatic carbocycles. The fraction of sp³-hybridized carbons (Fsp3) is 0.529. The van der Waals surface area contributed by atoms with E-state index in [2.05, 4.69) is 18.6 Å². The average Bonchev–Trinajstić information content (AvgIpc) is 2.52. The Morgan fingerprint density at radius 1 is 1.27 bits per heavy atom. The van der Waals surface area contributed by atoms with E-state index in [9.17, 15) is 9.59 Å². The molecule has 0 heterocycles. The molecule has 0 spiro atoms. The van der Waals surface area contributed by atoms with Crippen LogP contribution in [0.4, 0.5) is 0 Å². The highest BCUT2D eigenvalue weighted by Gasteiger charge is 2.13. The molecule has 0 aliphatic rings. The molecule has 0 aliphatic heterocycles. The molecule has 5 heteroatoms. The molecular formula is C17H25NO4. The van der Waals surface area contributed by atoms with Crippen LogP contribution in [0.2, 0.25) is 0 Å². The predicted molar refractivity (Wildman–Crippen MR) is 85.0 cm³/mol. The first kappa shape index (κ1) is 18.0. The van der Waals surface area contributed by atoms with Crippen LogP contribution in [0.15, 0.2) is 24.3 Å². The number of carbonyl (C=O) groups excluding carboxylic acids is 2. The second kappa shape index (κ2) is 9.07. The quantitative estimate of drug-likeness (QED) is 0.693. The first-order valence-corrected chi connectivity index (χ1v) is 7.49. The Labute approximate surface area is 132 Å². The first-order chi connectivity index (χ1) is 10.4. The number of hydrogen-bond donors (Lipinski definition) is 0. The number of hydrogen-bond acceptors (Lipinski definition) is 4. The molecule has 0 unspecified atom stereocenters. The van der Waals surface area contributed by atoms with Crippen molar-refractivity contribution in [2.24, 2.45) is 5.92 Å². The number of rotatable bonds is 8. The zero-order valence-electron chi connectivity index (χ0n) is 13.8. The maximum atomic E-state index is 12.3. The van der Waals surface area contributed by atoms with Gasteiger partial charge in [-0.25, -0.2) is 0 Å². The second-order valence-corrected chi connectivity index (χ2v) is 5.64. The minimum absolute atomic E-state index is 0.0835. The maximum Gasteiger partial charge on any atom is 0.305 e. The van der Waals surface area contributed by atoms with Crippen molar-refractivity contribution >= 4 is 11.9 Å². The van der Waals surface area contributed by atoms with Gasteiger partial charge in [-0.15, -0.1) is 0 Å². The van der Waals surface area contributed by atoms with Gasteiger partial charge in [0.1, 0.15) is 5.75 Å². The summed E-state index contributed by atoms with van der Waals surface area (Å²) in [6, 6.07) is 7.17. The van der Waals surface area contributed by atoms with E-state index in [1.807, 2.05) is 12.1 Å². The number of amides is 1. The van der Waals surface area contributed by atoms with Gasteiger partial charge in [-0.3, -0.25) is 9.59 Å². The Balaban J connectivity index is 2.56. The lowest BCUT2D eigenvalue weighted by Crippen LogP contribution is -2.28. The van der Waals surface area contributed by atoms with Crippen LogP contribution in [-0.2, 0) is 9.53 Å². The molecule has 1 aromatic rings. The van der Waals surface area contributed by atoms with Crippen LogP contribution >= 0.6 is 0 Å². The smallest absolute Gasteiger partial charge is 0.305 e. The lowest BCUT2D eigenvalue weighted by molar-refractivity contribution is -0.140. The summed E-state index contributed by atoms with van der Waals surface area (Å²) >= 11 is 0. The first-order valence-electron chi connectivity index (χ1n) is 7.49. The third kappa shape index (κ3) is 6.16. The van der Waals surface area contributed by atoms with Gasteiger partial charge in [0, 0.05) is 25.6 Å². The van der Waals surface area contributed by atoms with Crippen molar-refractivity contribution in [2.75, 3.05) is 27.3 Å². The zero-order chi connectivity index (χ0) is 16.5. The summed E-state index contributed by atoms with van der Waals surface area (Å²) in [6.45, 7) is 5.27. The monoisotopic (exact) mass is 307 g/mol. The average molecular weight is 307 g/mol. The molecule has 0 atom stereocenters. The Morgan fingerprint density at radius 2 is 2.00 bits per heavy atom. The van der Waals surface area contributed by atoms with Crippen LogP contribution in [0, 0.1) is 5.92 Å². The van der Waals surface area contributed by atoms with Crippen LogP contribution in [0.5, 0.6) is 5.75 Å². The Kier molecular flexibility index (Phi) is 7.43. The second-order valence-electron chi connectivity index (χ2n) is 5.64. The normalized spacial score (nSPS) is 10.4. The van der Waals surface area contributed by atoms with Crippen LogP contribution in [-0.4, -0.2) is 44.1 Å². The summed E-state index contributed by atoms with van der Waals surface area (Å²) in [5, 5.41) is 0. The largest absolute Gasteiger partial charge is 0.493 e. The van der Waals surface area contributed by atoms with E-state index < -0.39 is 0 Å². The van der Waals surface area contributed by atoms with E-state index in [0.717, 1.165) is 0 Å². The highest BCUT2D eigenvalue weighted by Crippen LogP contribution is 2.16. The van der Waals surface area contributed by atoms with Gasteiger partial charge in [0.15, 0.2) is 0 Å². The standard InChI is InChI=1S/C17H25NO4/c1-13(2)12-22-15-8-5-7-14(11-15)17(20)18(3)10-6-9-16(19)21-4/h5,7-8,11,13H,6,9-10,12H2,1-4H3. The third-order valence-corrected chi connectivity index (χ3v) is 3.11. The molecule has 122 valence electrons. The summed E-state index contributed by atoms with van der Waals surface area (Å²) in [5.74, 6) is 0.785. The van der Waals surface area contributed by atoms with Gasteiger partial charge >= 0.3 is 5.97 Å². The van der Waals surface area contributed by atoms with Gasteiger partial charge in [0.2, 0.25) is 0 Å². The van der Waals surface area contributed by atoms with Crippen molar-refractivity contribution in [1.82, 2.24) is 4.90 Å². The van der Waals surface area contributed by atoms with Gasteiger partial charge < -0.3 is 14.4 Å². The van der Waals surface area contributed by atoms with Crippen molar-refractivity contribution in [2.45, 2.75) is 26.7 Å². The van der Waals surface area contributed by atoms with Crippen molar-refractivity contribution < 1.29 is 19.1 Å². The van der Waals surface area contributed by atoms with Gasteiger partial charge in [-0.1, -0.05) is 19.9 Å². The summed E-state index contributed by atoms with van der Waals surface area (Å²) in [7, 11) is 3.08. The SMILES string of the molecule is COC(=O)CCCN(C)C(=O)c1cccc(OCC(C)C)c1. The molecule has 0 fully saturated rings. The Hall–Kier alpha value is -2.04. The highest BCUT2D eigenvalue weighted by atomic mass is 16.5. The van der Waals surface area contributed by atoms with Crippen LogP contribution < -0.4 is 4.74 Å². The summed E-state index contributed by atoms with van der Waals surface area (Å²) in [6.07, 6.45) is 0.893. The minimum Gasteiger partial charge on any atom is -0.493 e. The molecule has 5 nitrogen and oxygen atoms in total. The molecule has 1 aromatic carbocycles. The van der Waals surface area contributed by atoms with Gasteiger partial charge in [-0.05, 0) is 30.5 Å². The topological polar surface area (TPSA) is 55.8 Å². The highest BCUT2D eigenvalue weighted by molar-refractivity contribution is 5.94. The number of carbonyl (C=O) groups is 2. The molecule has 0 bridgehead atoms. The van der Waals surface area contributed by atoms with Crippen molar-refractivity contribution in [3.63, 3.8) is 0 Å². The summed E-state index contributed by atoms with van der Waals surface area (Å²) in [5.41, 5.74) is 0.585. The fourth-order valence-electron chi connectivity index (χ4n) is 1.87. The van der Waals surface area contributed by atoms with Gasteiger partial charge in [0.05, 0.1) is 13.7 Å². The molecule has 1 amide bonds. The number of methoxy groups -OCH3 is 1. The molecular weight excluding hydrogens is 282 g/mol. The number of benzene rings is 1. The molecule has 0 aromatic heterocycles. The third-order valence-electron chi connectivity index (χ3n) is 3.11. The van der Waals surface area contributed by atoms with Crippen molar-refractivity contribution in [3.8, 4) is 5.75 Å². The Morgan fingerprint density at radius 3 is 2.64 bits per heavy atom.